The predicted octanol–water partition coefficient (Wildman–Crippen LogP) is 3.65. The van der Waals surface area contributed by atoms with Crippen molar-refractivity contribution in [1.29, 1.82) is 0 Å². The summed E-state index contributed by atoms with van der Waals surface area (Å²) in [4.78, 5) is 5.71. The van der Waals surface area contributed by atoms with Crippen molar-refractivity contribution in [3.63, 3.8) is 0 Å². The van der Waals surface area contributed by atoms with Crippen molar-refractivity contribution in [2.24, 2.45) is 15.8 Å². The second-order valence-corrected chi connectivity index (χ2v) is 6.51. The van der Waals surface area contributed by atoms with E-state index in [0.29, 0.717) is 11.7 Å². The number of nitrogens with two attached hydrogens (primary N) is 1. The van der Waals surface area contributed by atoms with Crippen molar-refractivity contribution in [3.05, 3.63) is 84.1 Å². The topological polar surface area (TPSA) is 74.8 Å². The van der Waals surface area contributed by atoms with Gasteiger partial charge in [-0.25, -0.2) is 4.99 Å². The van der Waals surface area contributed by atoms with Crippen molar-refractivity contribution >= 4 is 29.3 Å². The zero-order valence-corrected chi connectivity index (χ0v) is 15.4. The van der Waals surface area contributed by atoms with Gasteiger partial charge in [0.1, 0.15) is 5.84 Å². The first-order valence-electron chi connectivity index (χ1n) is 8.32. The number of hydrogen-bond acceptors (Lipinski definition) is 5. The van der Waals surface area contributed by atoms with Crippen LogP contribution in [0.1, 0.15) is 23.6 Å². The Morgan fingerprint density at radius 2 is 1.96 bits per heavy atom. The molecule has 132 valence electrons. The Bertz CT molecular complexity index is 881. The molecule has 2 aromatic rings. The maximum absolute atomic E-state index is 5.58. The van der Waals surface area contributed by atoms with Crippen LogP contribution in [0.3, 0.4) is 0 Å². The second-order valence-electron chi connectivity index (χ2n) is 5.63. The molecule has 1 aliphatic heterocycles. The van der Waals surface area contributed by atoms with Crippen molar-refractivity contribution in [2.45, 2.75) is 18.2 Å². The van der Waals surface area contributed by atoms with Gasteiger partial charge in [0.15, 0.2) is 5.84 Å². The van der Waals surface area contributed by atoms with Crippen LogP contribution in [0.15, 0.2) is 82.4 Å². The van der Waals surface area contributed by atoms with E-state index in [4.69, 9.17) is 5.73 Å². The number of hydrogen-bond donors (Lipinski definition) is 3. The van der Waals surface area contributed by atoms with E-state index in [1.54, 1.807) is 6.08 Å². The van der Waals surface area contributed by atoms with E-state index in [9.17, 15) is 0 Å². The fourth-order valence-electron chi connectivity index (χ4n) is 2.47. The van der Waals surface area contributed by atoms with Crippen LogP contribution in [0.4, 0.5) is 0 Å². The van der Waals surface area contributed by atoms with Crippen LogP contribution in [0, 0.1) is 0 Å². The fourth-order valence-corrected chi connectivity index (χ4v) is 3.08. The molecule has 26 heavy (non-hydrogen) atoms. The third kappa shape index (κ3) is 4.15. The van der Waals surface area contributed by atoms with E-state index < -0.39 is 0 Å². The van der Waals surface area contributed by atoms with E-state index in [2.05, 4.69) is 58.0 Å². The minimum atomic E-state index is 0.579. The summed E-state index contributed by atoms with van der Waals surface area (Å²) in [7, 11) is 0. The van der Waals surface area contributed by atoms with Crippen molar-refractivity contribution in [3.8, 4) is 0 Å². The Morgan fingerprint density at radius 1 is 1.23 bits per heavy atom. The third-order valence-corrected chi connectivity index (χ3v) is 4.69. The predicted molar refractivity (Wildman–Crippen MR) is 111 cm³/mol. The summed E-state index contributed by atoms with van der Waals surface area (Å²) in [5.74, 6) is 1.19. The normalized spacial score (nSPS) is 14.0. The Morgan fingerprint density at radius 3 is 2.65 bits per heavy atom. The number of nitrogens with one attached hydrogen (secondary N) is 2. The average Bonchev–Trinajstić information content (AvgIpc) is 2.69. The third-order valence-electron chi connectivity index (χ3n) is 3.88. The Labute approximate surface area is 157 Å². The summed E-state index contributed by atoms with van der Waals surface area (Å²) >= 11 is 1.48. The molecule has 3 rings (SSSR count). The molecule has 0 unspecified atom stereocenters. The first-order chi connectivity index (χ1) is 12.7. The number of fused-ring (bicyclic) bond motifs is 1. The molecule has 4 N–H and O–H groups in total. The molecular weight excluding hydrogens is 342 g/mol. The molecule has 0 atom stereocenters. The van der Waals surface area contributed by atoms with Crippen LogP contribution < -0.4 is 15.9 Å². The van der Waals surface area contributed by atoms with Gasteiger partial charge in [0, 0.05) is 16.0 Å². The highest BCUT2D eigenvalue weighted by Gasteiger charge is 2.16. The first-order valence-corrected chi connectivity index (χ1v) is 9.14. The minimum absolute atomic E-state index is 0.579. The highest BCUT2D eigenvalue weighted by molar-refractivity contribution is 7.98. The highest BCUT2D eigenvalue weighted by Crippen LogP contribution is 2.21. The van der Waals surface area contributed by atoms with Crippen molar-refractivity contribution < 1.29 is 0 Å². The molecule has 6 heteroatoms. The number of rotatable bonds is 4. The molecule has 0 spiro atoms. The molecule has 1 aliphatic rings. The highest BCUT2D eigenvalue weighted by atomic mass is 32.2. The lowest BCUT2D eigenvalue weighted by Crippen LogP contribution is -2.21. The summed E-state index contributed by atoms with van der Waals surface area (Å²) in [6.07, 6.45) is 4.19. The lowest BCUT2D eigenvalue weighted by molar-refractivity contribution is 0.971. The zero-order valence-electron chi connectivity index (χ0n) is 14.6. The molecular formula is C20H21N5S. The van der Waals surface area contributed by atoms with Gasteiger partial charge in [0.05, 0.1) is 5.70 Å². The SMILES string of the molecule is C=C1NN=C(N=C(C=CN)NSc2ccc(CC)cc2)c2ccccc21. The lowest BCUT2D eigenvalue weighted by atomic mass is 10.0. The Balaban J connectivity index is 1.80. The molecule has 0 amide bonds. The van der Waals surface area contributed by atoms with Crippen LogP contribution in [-0.2, 0) is 6.42 Å². The monoisotopic (exact) mass is 363 g/mol. The van der Waals surface area contributed by atoms with Gasteiger partial charge in [-0.3, -0.25) is 5.43 Å². The van der Waals surface area contributed by atoms with Crippen LogP contribution in [0.5, 0.6) is 0 Å². The molecule has 0 aromatic heterocycles. The fraction of sp³-hybridized carbons (Fsp3) is 0.100. The van der Waals surface area contributed by atoms with Gasteiger partial charge in [-0.1, -0.05) is 49.9 Å². The van der Waals surface area contributed by atoms with Crippen LogP contribution in [-0.4, -0.2) is 11.7 Å². The number of hydrazone groups is 1. The maximum Gasteiger partial charge on any atom is 0.182 e. The van der Waals surface area contributed by atoms with Crippen LogP contribution in [0.25, 0.3) is 5.70 Å². The largest absolute Gasteiger partial charge is 0.404 e. The molecule has 2 aromatic carbocycles. The second kappa shape index (κ2) is 8.40. The minimum Gasteiger partial charge on any atom is -0.404 e. The van der Waals surface area contributed by atoms with Gasteiger partial charge >= 0.3 is 0 Å². The van der Waals surface area contributed by atoms with E-state index in [1.807, 2.05) is 24.3 Å². The van der Waals surface area contributed by atoms with Gasteiger partial charge in [-0.2, -0.15) is 5.10 Å². The smallest absolute Gasteiger partial charge is 0.182 e. The summed E-state index contributed by atoms with van der Waals surface area (Å²) in [5, 5.41) is 4.31. The number of aryl methyl sites for hydroxylation is 1. The molecule has 0 radical (unpaired) electrons. The summed E-state index contributed by atoms with van der Waals surface area (Å²) in [6.45, 7) is 6.12. The van der Waals surface area contributed by atoms with Crippen molar-refractivity contribution in [1.82, 2.24) is 10.1 Å². The van der Waals surface area contributed by atoms with Gasteiger partial charge in [-0.05, 0) is 48.3 Å². The summed E-state index contributed by atoms with van der Waals surface area (Å²) < 4.78 is 3.23. The molecule has 5 nitrogen and oxygen atoms in total. The first kappa shape index (κ1) is 17.8. The standard InChI is InChI=1S/C20H21N5S/c1-3-15-8-10-16(11-9-15)26-25-19(12-13-21)22-20-18-7-5-4-6-17(18)14(2)23-24-20/h4-13,23H,2-3,21H2,1H3,(H,22,24,25). The zero-order chi connectivity index (χ0) is 18.4. The number of amidine groups is 2. The van der Waals surface area contributed by atoms with E-state index >= 15 is 0 Å². The van der Waals surface area contributed by atoms with Gasteiger partial charge in [-0.15, -0.1) is 0 Å². The molecule has 0 bridgehead atoms. The Hall–Kier alpha value is -2.99. The van der Waals surface area contributed by atoms with E-state index in [1.165, 1.54) is 23.7 Å². The van der Waals surface area contributed by atoms with Gasteiger partial charge < -0.3 is 10.5 Å². The maximum atomic E-state index is 5.58. The number of nitrogens with zero attached hydrogens (tertiary/aromatic N) is 2. The molecule has 1 heterocycles. The number of benzene rings is 2. The van der Waals surface area contributed by atoms with E-state index in [0.717, 1.165) is 28.1 Å². The summed E-state index contributed by atoms with van der Waals surface area (Å²) in [6, 6.07) is 16.3. The Kier molecular flexibility index (Phi) is 5.76. The van der Waals surface area contributed by atoms with Crippen LogP contribution >= 0.6 is 11.9 Å². The average molecular weight is 363 g/mol. The van der Waals surface area contributed by atoms with Gasteiger partial charge in [0.2, 0.25) is 0 Å². The quantitative estimate of drug-likeness (QED) is 0.440. The molecule has 0 saturated heterocycles. The van der Waals surface area contributed by atoms with Gasteiger partial charge in [0.25, 0.3) is 0 Å². The number of aliphatic imine (C=N–C) groups is 1. The van der Waals surface area contributed by atoms with Crippen LogP contribution in [0.2, 0.25) is 0 Å². The van der Waals surface area contributed by atoms with E-state index in [-0.39, 0.29) is 0 Å². The van der Waals surface area contributed by atoms with Crippen molar-refractivity contribution in [2.75, 3.05) is 0 Å². The lowest BCUT2D eigenvalue weighted by Gasteiger charge is -2.17. The molecule has 0 fully saturated rings. The molecule has 0 aliphatic carbocycles. The molecule has 0 saturated carbocycles. The summed E-state index contributed by atoms with van der Waals surface area (Å²) in [5.41, 5.74) is 12.5.